The number of aliphatic carboxylic acids is 2. The Bertz CT molecular complexity index is 181. The summed E-state index contributed by atoms with van der Waals surface area (Å²) in [6, 6.07) is 0.435. The topological polar surface area (TPSA) is 101 Å². The third-order valence-corrected chi connectivity index (χ3v) is 1.42. The standard InChI is InChI=1S/C5H13N.C4H4O4/c1-3-5(6)4-2;5-3(6)1-2-4(7)8/h5H,3-4,6H2,1-2H3;1-2H,(H,5,6)(H,7,8). The number of hydrogen-bond donors (Lipinski definition) is 3. The molecule has 0 unspecified atom stereocenters. The summed E-state index contributed by atoms with van der Waals surface area (Å²) in [6.07, 6.45) is 3.33. The van der Waals surface area contributed by atoms with Crippen molar-refractivity contribution in [2.24, 2.45) is 5.73 Å². The second-order valence-corrected chi connectivity index (χ2v) is 2.59. The van der Waals surface area contributed by atoms with E-state index in [1.807, 2.05) is 0 Å². The normalized spacial score (nSPS) is 9.71. The molecule has 4 N–H and O–H groups in total. The zero-order valence-electron chi connectivity index (χ0n) is 8.43. The molecule has 0 aromatic heterocycles. The molecule has 5 nitrogen and oxygen atoms in total. The van der Waals surface area contributed by atoms with Gasteiger partial charge in [-0.3, -0.25) is 0 Å². The predicted molar refractivity (Wildman–Crippen MR) is 53.0 cm³/mol. The molecule has 5 heteroatoms. The largest absolute Gasteiger partial charge is 0.478 e. The van der Waals surface area contributed by atoms with E-state index in [1.54, 1.807) is 0 Å². The zero-order chi connectivity index (χ0) is 11.6. The highest BCUT2D eigenvalue weighted by Crippen LogP contribution is 1.88. The van der Waals surface area contributed by atoms with E-state index in [4.69, 9.17) is 15.9 Å². The van der Waals surface area contributed by atoms with E-state index in [1.165, 1.54) is 0 Å². The smallest absolute Gasteiger partial charge is 0.328 e. The average Bonchev–Trinajstić information content (AvgIpc) is 2.14. The van der Waals surface area contributed by atoms with Crippen LogP contribution >= 0.6 is 0 Å². The van der Waals surface area contributed by atoms with Gasteiger partial charge in [-0.05, 0) is 12.8 Å². The van der Waals surface area contributed by atoms with Gasteiger partial charge >= 0.3 is 11.9 Å². The van der Waals surface area contributed by atoms with Gasteiger partial charge in [-0.2, -0.15) is 0 Å². The van der Waals surface area contributed by atoms with Crippen LogP contribution in [0.25, 0.3) is 0 Å². The van der Waals surface area contributed by atoms with Gasteiger partial charge in [-0.25, -0.2) is 9.59 Å². The Hall–Kier alpha value is -1.36. The molecule has 14 heavy (non-hydrogen) atoms. The van der Waals surface area contributed by atoms with Crippen molar-refractivity contribution in [1.29, 1.82) is 0 Å². The Kier molecular flexibility index (Phi) is 10.5. The van der Waals surface area contributed by atoms with Crippen LogP contribution < -0.4 is 5.73 Å². The quantitative estimate of drug-likeness (QED) is 0.588. The van der Waals surface area contributed by atoms with Crippen LogP contribution in [0, 0.1) is 0 Å². The second kappa shape index (κ2) is 9.73. The van der Waals surface area contributed by atoms with Crippen molar-refractivity contribution >= 4 is 11.9 Å². The van der Waals surface area contributed by atoms with E-state index in [0.29, 0.717) is 18.2 Å². The fourth-order valence-corrected chi connectivity index (χ4v) is 0.431. The van der Waals surface area contributed by atoms with E-state index in [0.717, 1.165) is 12.8 Å². The minimum Gasteiger partial charge on any atom is -0.478 e. The molecule has 0 spiro atoms. The first kappa shape index (κ1) is 15.1. The van der Waals surface area contributed by atoms with Crippen molar-refractivity contribution in [1.82, 2.24) is 0 Å². The lowest BCUT2D eigenvalue weighted by atomic mass is 10.2. The van der Waals surface area contributed by atoms with Gasteiger partial charge in [0, 0.05) is 18.2 Å². The maximum Gasteiger partial charge on any atom is 0.328 e. The maximum absolute atomic E-state index is 9.55. The molecule has 0 aliphatic rings. The number of carbonyl (C=O) groups is 2. The third-order valence-electron chi connectivity index (χ3n) is 1.42. The number of carboxylic acid groups (broad SMARTS) is 2. The van der Waals surface area contributed by atoms with Gasteiger partial charge in [0.25, 0.3) is 0 Å². The van der Waals surface area contributed by atoms with Gasteiger partial charge in [0.2, 0.25) is 0 Å². The lowest BCUT2D eigenvalue weighted by Crippen LogP contribution is -2.16. The summed E-state index contributed by atoms with van der Waals surface area (Å²) in [5.41, 5.74) is 5.47. The first-order chi connectivity index (χ1) is 6.43. The average molecular weight is 203 g/mol. The van der Waals surface area contributed by atoms with Crippen LogP contribution in [-0.4, -0.2) is 28.2 Å². The molecule has 0 rings (SSSR count). The first-order valence-corrected chi connectivity index (χ1v) is 4.33. The lowest BCUT2D eigenvalue weighted by Gasteiger charge is -1.99. The van der Waals surface area contributed by atoms with Crippen molar-refractivity contribution in [3.05, 3.63) is 12.2 Å². The molecule has 0 heterocycles. The van der Waals surface area contributed by atoms with Crippen LogP contribution in [0.5, 0.6) is 0 Å². The molecule has 0 aromatic carbocycles. The summed E-state index contributed by atoms with van der Waals surface area (Å²) in [7, 11) is 0. The highest BCUT2D eigenvalue weighted by molar-refractivity contribution is 5.89. The maximum atomic E-state index is 9.55. The molecule has 0 saturated heterocycles. The molecule has 0 atom stereocenters. The summed E-state index contributed by atoms with van der Waals surface area (Å²) < 4.78 is 0. The molecule has 0 aliphatic heterocycles. The molecule has 0 aromatic rings. The van der Waals surface area contributed by atoms with Gasteiger partial charge < -0.3 is 15.9 Å². The Morgan fingerprint density at radius 2 is 1.43 bits per heavy atom. The van der Waals surface area contributed by atoms with Gasteiger partial charge in [0.05, 0.1) is 0 Å². The van der Waals surface area contributed by atoms with E-state index in [9.17, 15) is 9.59 Å². The van der Waals surface area contributed by atoms with Crippen molar-refractivity contribution in [3.63, 3.8) is 0 Å². The number of rotatable bonds is 4. The van der Waals surface area contributed by atoms with Crippen molar-refractivity contribution < 1.29 is 19.8 Å². The molecule has 0 saturated carbocycles. The highest BCUT2D eigenvalue weighted by Gasteiger charge is 1.89. The Labute approximate surface area is 83.2 Å². The van der Waals surface area contributed by atoms with Gasteiger partial charge in [-0.15, -0.1) is 0 Å². The lowest BCUT2D eigenvalue weighted by molar-refractivity contribution is -0.134. The Balaban J connectivity index is 0. The van der Waals surface area contributed by atoms with Crippen LogP contribution in [0.2, 0.25) is 0 Å². The van der Waals surface area contributed by atoms with Crippen LogP contribution in [0.1, 0.15) is 26.7 Å². The number of nitrogens with two attached hydrogens (primary N) is 1. The molecule has 0 bridgehead atoms. The van der Waals surface area contributed by atoms with Crippen LogP contribution in [0.15, 0.2) is 12.2 Å². The second-order valence-electron chi connectivity index (χ2n) is 2.59. The Morgan fingerprint density at radius 1 is 1.14 bits per heavy atom. The summed E-state index contributed by atoms with van der Waals surface area (Å²) in [5.74, 6) is -2.51. The molecule has 82 valence electrons. The number of carboxylic acids is 2. The minimum atomic E-state index is -1.26. The first-order valence-electron chi connectivity index (χ1n) is 4.33. The summed E-state index contributed by atoms with van der Waals surface area (Å²) in [4.78, 5) is 19.1. The molecule has 0 radical (unpaired) electrons. The van der Waals surface area contributed by atoms with Gasteiger partial charge in [0.1, 0.15) is 0 Å². The molecule has 0 amide bonds. The van der Waals surface area contributed by atoms with E-state index in [-0.39, 0.29) is 0 Å². The van der Waals surface area contributed by atoms with E-state index >= 15 is 0 Å². The summed E-state index contributed by atoms with van der Waals surface area (Å²) in [5, 5.41) is 15.6. The van der Waals surface area contributed by atoms with E-state index < -0.39 is 11.9 Å². The third kappa shape index (κ3) is 16.9. The van der Waals surface area contributed by atoms with Crippen LogP contribution in [-0.2, 0) is 9.59 Å². The Morgan fingerprint density at radius 3 is 1.50 bits per heavy atom. The SMILES string of the molecule is CCC(N)CC.O=C(O)C=CC(=O)O. The van der Waals surface area contributed by atoms with Gasteiger partial charge in [0.15, 0.2) is 0 Å². The highest BCUT2D eigenvalue weighted by atomic mass is 16.4. The molecular formula is C9H17NO4. The number of hydrogen-bond acceptors (Lipinski definition) is 3. The van der Waals surface area contributed by atoms with Crippen molar-refractivity contribution in [3.8, 4) is 0 Å². The fourth-order valence-electron chi connectivity index (χ4n) is 0.431. The van der Waals surface area contributed by atoms with Crippen LogP contribution in [0.4, 0.5) is 0 Å². The molecular weight excluding hydrogens is 186 g/mol. The predicted octanol–water partition coefficient (Wildman–Crippen LogP) is 0.845. The minimum absolute atomic E-state index is 0.435. The zero-order valence-corrected chi connectivity index (χ0v) is 8.43. The molecule has 0 fully saturated rings. The molecule has 0 aliphatic carbocycles. The van der Waals surface area contributed by atoms with E-state index in [2.05, 4.69) is 13.8 Å². The van der Waals surface area contributed by atoms with Crippen LogP contribution in [0.3, 0.4) is 0 Å². The van der Waals surface area contributed by atoms with Crippen molar-refractivity contribution in [2.45, 2.75) is 32.7 Å². The van der Waals surface area contributed by atoms with Crippen molar-refractivity contribution in [2.75, 3.05) is 0 Å². The fraction of sp³-hybridized carbons (Fsp3) is 0.556. The summed E-state index contributed by atoms with van der Waals surface area (Å²) >= 11 is 0. The van der Waals surface area contributed by atoms with Gasteiger partial charge in [-0.1, -0.05) is 13.8 Å². The monoisotopic (exact) mass is 203 g/mol. The summed E-state index contributed by atoms with van der Waals surface area (Å²) in [6.45, 7) is 4.21.